The van der Waals surface area contributed by atoms with Gasteiger partial charge in [-0.25, -0.2) is 9.97 Å². The Morgan fingerprint density at radius 1 is 1.60 bits per heavy atom. The highest BCUT2D eigenvalue weighted by Crippen LogP contribution is 2.16. The lowest BCUT2D eigenvalue weighted by molar-refractivity contribution is 1.05. The van der Waals surface area contributed by atoms with Crippen LogP contribution in [0, 0.1) is 0 Å². The van der Waals surface area contributed by atoms with Gasteiger partial charge in [-0.2, -0.15) is 0 Å². The second-order valence-corrected chi connectivity index (χ2v) is 3.23. The van der Waals surface area contributed by atoms with Crippen LogP contribution in [-0.4, -0.2) is 16.2 Å². The maximum atomic E-state index is 5.37. The van der Waals surface area contributed by atoms with Gasteiger partial charge in [-0.1, -0.05) is 0 Å². The normalized spacial score (nSPS) is 9.80. The largest absolute Gasteiger partial charge is 0.368 e. The first kappa shape index (κ1) is 7.81. The average Bonchev–Trinajstić information content (AvgIpc) is 1.85. The Morgan fingerprint density at radius 3 is 2.80 bits per heavy atom. The van der Waals surface area contributed by atoms with Crippen molar-refractivity contribution in [2.75, 3.05) is 12.0 Å². The van der Waals surface area contributed by atoms with Crippen molar-refractivity contribution in [3.05, 3.63) is 10.7 Å². The number of nitrogens with two attached hydrogens (primary N) is 1. The summed E-state index contributed by atoms with van der Waals surface area (Å²) in [5.74, 6) is 0.304. The molecule has 0 aromatic carbocycles. The fraction of sp³-hybridized carbons (Fsp3) is 0.200. The van der Waals surface area contributed by atoms with Crippen molar-refractivity contribution in [2.45, 2.75) is 5.03 Å². The highest BCUT2D eigenvalue weighted by atomic mass is 79.9. The quantitative estimate of drug-likeness (QED) is 0.576. The Morgan fingerprint density at radius 2 is 2.30 bits per heavy atom. The molecule has 0 radical (unpaired) electrons. The third kappa shape index (κ3) is 1.85. The second kappa shape index (κ2) is 3.21. The molecule has 10 heavy (non-hydrogen) atoms. The molecule has 0 saturated carbocycles. The molecule has 0 aliphatic carbocycles. The molecule has 54 valence electrons. The van der Waals surface area contributed by atoms with Gasteiger partial charge in [-0.15, -0.1) is 11.8 Å². The van der Waals surface area contributed by atoms with Gasteiger partial charge < -0.3 is 5.73 Å². The minimum atomic E-state index is 0.304. The van der Waals surface area contributed by atoms with Crippen molar-refractivity contribution in [3.8, 4) is 0 Å². The molecule has 0 spiro atoms. The minimum absolute atomic E-state index is 0.304. The number of thioether (sulfide) groups is 1. The Balaban J connectivity index is 3.06. The van der Waals surface area contributed by atoms with Gasteiger partial charge in [0.05, 0.1) is 0 Å². The molecule has 1 aromatic heterocycles. The molecule has 5 heteroatoms. The topological polar surface area (TPSA) is 51.8 Å². The van der Waals surface area contributed by atoms with E-state index in [4.69, 9.17) is 5.73 Å². The summed E-state index contributed by atoms with van der Waals surface area (Å²) in [4.78, 5) is 7.80. The van der Waals surface area contributed by atoms with Crippen LogP contribution in [0.1, 0.15) is 0 Å². The monoisotopic (exact) mass is 219 g/mol. The van der Waals surface area contributed by atoms with E-state index < -0.39 is 0 Å². The Labute approximate surface area is 71.6 Å². The van der Waals surface area contributed by atoms with E-state index >= 15 is 0 Å². The number of aromatic nitrogens is 2. The first-order valence-corrected chi connectivity index (χ1v) is 4.58. The van der Waals surface area contributed by atoms with Crippen LogP contribution in [-0.2, 0) is 0 Å². The molecule has 0 unspecified atom stereocenters. The SMILES string of the molecule is CSc1cc(Br)nc(N)n1. The maximum absolute atomic E-state index is 5.37. The van der Waals surface area contributed by atoms with Gasteiger partial charge >= 0.3 is 0 Å². The smallest absolute Gasteiger partial charge is 0.222 e. The lowest BCUT2D eigenvalue weighted by Gasteiger charge is -1.96. The maximum Gasteiger partial charge on any atom is 0.222 e. The Hall–Kier alpha value is -0.290. The highest BCUT2D eigenvalue weighted by molar-refractivity contribution is 9.10. The molecule has 0 aliphatic heterocycles. The van der Waals surface area contributed by atoms with Gasteiger partial charge in [0.25, 0.3) is 0 Å². The summed E-state index contributed by atoms with van der Waals surface area (Å²) in [6.07, 6.45) is 1.94. The molecule has 0 saturated heterocycles. The summed E-state index contributed by atoms with van der Waals surface area (Å²) in [5, 5.41) is 0.874. The highest BCUT2D eigenvalue weighted by Gasteiger charge is 1.96. The van der Waals surface area contributed by atoms with E-state index in [-0.39, 0.29) is 0 Å². The first-order chi connectivity index (χ1) is 4.72. The summed E-state index contributed by atoms with van der Waals surface area (Å²) < 4.78 is 0.726. The molecule has 1 rings (SSSR count). The molecule has 0 bridgehead atoms. The predicted octanol–water partition coefficient (Wildman–Crippen LogP) is 1.54. The average molecular weight is 220 g/mol. The van der Waals surface area contributed by atoms with Gasteiger partial charge in [0.15, 0.2) is 0 Å². The minimum Gasteiger partial charge on any atom is -0.368 e. The Bertz CT molecular complexity index is 220. The van der Waals surface area contributed by atoms with Crippen molar-refractivity contribution in [1.29, 1.82) is 0 Å². The van der Waals surface area contributed by atoms with Crippen molar-refractivity contribution in [3.63, 3.8) is 0 Å². The van der Waals surface area contributed by atoms with E-state index in [0.29, 0.717) is 5.95 Å². The van der Waals surface area contributed by atoms with Crippen LogP contribution in [0.15, 0.2) is 15.7 Å². The third-order valence-electron chi connectivity index (χ3n) is 0.898. The molecule has 3 nitrogen and oxygen atoms in total. The molecule has 0 amide bonds. The van der Waals surface area contributed by atoms with E-state index in [2.05, 4.69) is 25.9 Å². The second-order valence-electron chi connectivity index (χ2n) is 1.59. The number of halogens is 1. The van der Waals surface area contributed by atoms with E-state index in [0.717, 1.165) is 9.63 Å². The molecule has 2 N–H and O–H groups in total. The standard InChI is InChI=1S/C5H6BrN3S/c1-10-4-2-3(6)8-5(7)9-4/h2H,1H3,(H2,7,8,9). The summed E-state index contributed by atoms with van der Waals surface area (Å²) >= 11 is 4.75. The van der Waals surface area contributed by atoms with E-state index in [1.54, 1.807) is 0 Å². The molecule has 0 atom stereocenters. The third-order valence-corrected chi connectivity index (χ3v) is 1.93. The zero-order chi connectivity index (χ0) is 7.56. The van der Waals surface area contributed by atoms with Crippen LogP contribution >= 0.6 is 27.7 Å². The fourth-order valence-electron chi connectivity index (χ4n) is 0.518. The zero-order valence-corrected chi connectivity index (χ0v) is 7.74. The van der Waals surface area contributed by atoms with Crippen LogP contribution in [0.2, 0.25) is 0 Å². The molecule has 1 aromatic rings. The van der Waals surface area contributed by atoms with E-state index in [1.165, 1.54) is 11.8 Å². The van der Waals surface area contributed by atoms with Gasteiger partial charge in [0.1, 0.15) is 9.63 Å². The Kier molecular flexibility index (Phi) is 2.50. The van der Waals surface area contributed by atoms with Gasteiger partial charge in [0.2, 0.25) is 5.95 Å². The summed E-state index contributed by atoms with van der Waals surface area (Å²) in [5.41, 5.74) is 5.37. The summed E-state index contributed by atoms with van der Waals surface area (Å²) in [6.45, 7) is 0. The molecule has 0 fully saturated rings. The lowest BCUT2D eigenvalue weighted by Crippen LogP contribution is -1.95. The van der Waals surface area contributed by atoms with Crippen molar-refractivity contribution >= 4 is 33.6 Å². The molecule has 1 heterocycles. The van der Waals surface area contributed by atoms with Gasteiger partial charge in [-0.3, -0.25) is 0 Å². The summed E-state index contributed by atoms with van der Waals surface area (Å²) in [6, 6.07) is 1.82. The van der Waals surface area contributed by atoms with E-state index in [1.807, 2.05) is 12.3 Å². The van der Waals surface area contributed by atoms with Crippen LogP contribution in [0.25, 0.3) is 0 Å². The van der Waals surface area contributed by atoms with Crippen LogP contribution in [0.4, 0.5) is 5.95 Å². The molecular weight excluding hydrogens is 214 g/mol. The number of hydrogen-bond donors (Lipinski definition) is 1. The summed E-state index contributed by atoms with van der Waals surface area (Å²) in [7, 11) is 0. The fourth-order valence-corrected chi connectivity index (χ4v) is 1.48. The van der Waals surface area contributed by atoms with Crippen molar-refractivity contribution in [1.82, 2.24) is 9.97 Å². The first-order valence-electron chi connectivity index (χ1n) is 2.56. The van der Waals surface area contributed by atoms with Gasteiger partial charge in [0, 0.05) is 6.07 Å². The predicted molar refractivity (Wildman–Crippen MR) is 45.9 cm³/mol. The number of rotatable bonds is 1. The molecule has 0 aliphatic rings. The van der Waals surface area contributed by atoms with Crippen LogP contribution in [0.3, 0.4) is 0 Å². The number of hydrogen-bond acceptors (Lipinski definition) is 4. The van der Waals surface area contributed by atoms with Gasteiger partial charge in [-0.05, 0) is 22.2 Å². The molecular formula is C5H6BrN3S. The number of nitrogens with zero attached hydrogens (tertiary/aromatic N) is 2. The van der Waals surface area contributed by atoms with Crippen molar-refractivity contribution in [2.24, 2.45) is 0 Å². The van der Waals surface area contributed by atoms with Crippen LogP contribution in [0.5, 0.6) is 0 Å². The van der Waals surface area contributed by atoms with Crippen molar-refractivity contribution < 1.29 is 0 Å². The number of anilines is 1. The number of nitrogen functional groups attached to an aromatic ring is 1. The van der Waals surface area contributed by atoms with Crippen LogP contribution < -0.4 is 5.73 Å². The van der Waals surface area contributed by atoms with E-state index in [9.17, 15) is 0 Å². The lowest BCUT2D eigenvalue weighted by atomic mass is 10.7. The zero-order valence-electron chi connectivity index (χ0n) is 5.34.